The first-order chi connectivity index (χ1) is 19.7. The van der Waals surface area contributed by atoms with Crippen molar-refractivity contribution in [2.75, 3.05) is 18.2 Å². The van der Waals surface area contributed by atoms with Crippen LogP contribution in [0.25, 0.3) is 10.8 Å². The van der Waals surface area contributed by atoms with Gasteiger partial charge >= 0.3 is 12.1 Å². The van der Waals surface area contributed by atoms with E-state index in [1.165, 1.54) is 12.1 Å². The lowest BCUT2D eigenvalue weighted by atomic mass is 10.0. The van der Waals surface area contributed by atoms with Crippen molar-refractivity contribution in [2.24, 2.45) is 5.14 Å². The van der Waals surface area contributed by atoms with Gasteiger partial charge < -0.3 is 26.2 Å². The second-order valence-electron chi connectivity index (χ2n) is 8.70. The number of carboxylic acid groups (broad SMARTS) is 1. The number of rotatable bonds is 8. The molecule has 3 aromatic carbocycles. The Labute approximate surface area is 238 Å². The number of carbonyl (C=O) groups is 2. The van der Waals surface area contributed by atoms with E-state index in [4.69, 9.17) is 25.5 Å². The number of benzene rings is 3. The molecule has 0 bridgehead atoms. The largest absolute Gasteiger partial charge is 0.497 e. The van der Waals surface area contributed by atoms with E-state index in [0.29, 0.717) is 28.4 Å². The lowest BCUT2D eigenvalue weighted by Gasteiger charge is -2.21. The highest BCUT2D eigenvalue weighted by Crippen LogP contribution is 2.27. The number of aliphatic carboxylic acids is 1. The van der Waals surface area contributed by atoms with Crippen molar-refractivity contribution in [3.8, 4) is 5.75 Å². The summed E-state index contributed by atoms with van der Waals surface area (Å²) < 4.78 is 60.4. The van der Waals surface area contributed by atoms with E-state index in [9.17, 15) is 26.4 Å². The fourth-order valence-electron chi connectivity index (χ4n) is 3.70. The third-order valence-corrected chi connectivity index (χ3v) is 6.64. The number of nitrogens with zero attached hydrogens (tertiary/aromatic N) is 1. The molecule has 1 aromatic heterocycles. The van der Waals surface area contributed by atoms with E-state index in [1.807, 2.05) is 30.3 Å². The predicted octanol–water partition coefficient (Wildman–Crippen LogP) is 3.58. The monoisotopic (exact) mass is 605 g/mol. The fourth-order valence-corrected chi connectivity index (χ4v) is 4.29. The SMILES string of the molecule is COc1cccc(C(Nc2ccc3c(N)nccc3c2)C(=O)NCc2cccc(S(N)(=O)=O)c2)c1.O=C(O)C(F)(F)F. The topological polar surface area (TPSA) is 187 Å². The van der Waals surface area contributed by atoms with Gasteiger partial charge in [0.2, 0.25) is 15.9 Å². The maximum atomic E-state index is 13.3. The molecule has 1 amide bonds. The summed E-state index contributed by atoms with van der Waals surface area (Å²) in [6.07, 6.45) is -3.46. The molecule has 4 aromatic rings. The van der Waals surface area contributed by atoms with Crippen molar-refractivity contribution < 1.29 is 41.0 Å². The van der Waals surface area contributed by atoms with Crippen LogP contribution in [-0.4, -0.2) is 43.7 Å². The molecule has 7 N–H and O–H groups in total. The van der Waals surface area contributed by atoms with Crippen LogP contribution in [0.15, 0.2) is 83.9 Å². The van der Waals surface area contributed by atoms with Gasteiger partial charge in [0.05, 0.1) is 12.0 Å². The number of hydrogen-bond donors (Lipinski definition) is 5. The van der Waals surface area contributed by atoms with Gasteiger partial charge in [0, 0.05) is 23.8 Å². The molecule has 0 radical (unpaired) electrons. The van der Waals surface area contributed by atoms with Crippen molar-refractivity contribution in [3.05, 3.63) is 90.1 Å². The number of fused-ring (bicyclic) bond motifs is 1. The molecule has 1 unspecified atom stereocenters. The maximum absolute atomic E-state index is 13.3. The summed E-state index contributed by atoms with van der Waals surface area (Å²) in [6.45, 7) is 0.115. The number of ether oxygens (including phenoxy) is 1. The minimum Gasteiger partial charge on any atom is -0.497 e. The zero-order valence-corrected chi connectivity index (χ0v) is 22.7. The van der Waals surface area contributed by atoms with Crippen LogP contribution in [-0.2, 0) is 26.2 Å². The number of nitrogens with two attached hydrogens (primary N) is 2. The van der Waals surface area contributed by atoms with Crippen molar-refractivity contribution in [2.45, 2.75) is 23.7 Å². The second kappa shape index (κ2) is 13.2. The van der Waals surface area contributed by atoms with Gasteiger partial charge in [0.15, 0.2) is 0 Å². The van der Waals surface area contributed by atoms with Crippen molar-refractivity contribution in [1.29, 1.82) is 0 Å². The first kappa shape index (κ1) is 31.6. The summed E-state index contributed by atoms with van der Waals surface area (Å²) >= 11 is 0. The lowest BCUT2D eigenvalue weighted by molar-refractivity contribution is -0.192. The normalized spacial score (nSPS) is 12.0. The molecule has 1 atom stereocenters. The summed E-state index contributed by atoms with van der Waals surface area (Å²) in [6, 6.07) is 20.0. The van der Waals surface area contributed by atoms with Gasteiger partial charge in [-0.15, -0.1) is 0 Å². The Bertz CT molecular complexity index is 1700. The van der Waals surface area contributed by atoms with E-state index < -0.39 is 28.2 Å². The third-order valence-electron chi connectivity index (χ3n) is 5.73. The van der Waals surface area contributed by atoms with Gasteiger partial charge in [-0.2, -0.15) is 13.2 Å². The van der Waals surface area contributed by atoms with Gasteiger partial charge in [-0.1, -0.05) is 24.3 Å². The number of carbonyl (C=O) groups excluding carboxylic acids is 1. The minimum absolute atomic E-state index is 0.0170. The lowest BCUT2D eigenvalue weighted by Crippen LogP contribution is -2.33. The van der Waals surface area contributed by atoms with Gasteiger partial charge in [0.1, 0.15) is 17.6 Å². The number of amides is 1. The maximum Gasteiger partial charge on any atom is 0.490 e. The van der Waals surface area contributed by atoms with Gasteiger partial charge in [-0.3, -0.25) is 4.79 Å². The van der Waals surface area contributed by atoms with Crippen LogP contribution in [0.1, 0.15) is 17.2 Å². The van der Waals surface area contributed by atoms with Crippen LogP contribution in [0.2, 0.25) is 0 Å². The van der Waals surface area contributed by atoms with E-state index in [1.54, 1.807) is 43.6 Å². The van der Waals surface area contributed by atoms with E-state index >= 15 is 0 Å². The Hall–Kier alpha value is -4.89. The van der Waals surface area contributed by atoms with E-state index in [2.05, 4.69) is 15.6 Å². The van der Waals surface area contributed by atoms with Crippen LogP contribution >= 0.6 is 0 Å². The first-order valence-corrected chi connectivity index (χ1v) is 13.5. The van der Waals surface area contributed by atoms with Crippen molar-refractivity contribution >= 4 is 44.2 Å². The third kappa shape index (κ3) is 8.55. The number of nitrogens with one attached hydrogen (secondary N) is 2. The highest BCUT2D eigenvalue weighted by Gasteiger charge is 2.38. The van der Waals surface area contributed by atoms with Crippen LogP contribution < -0.4 is 26.2 Å². The molecule has 4 rings (SSSR count). The molecule has 0 aliphatic carbocycles. The standard InChI is InChI=1S/C25H25N5O4S.C2HF3O2/c1-34-20-6-3-5-18(14-20)23(30-19-8-9-22-17(13-19)10-11-28-24(22)26)25(31)29-15-16-4-2-7-21(12-16)35(27,32)33;3-2(4,5)1(6)7/h2-14,23,30H,15H2,1H3,(H2,26,28)(H,29,31)(H2,27,32,33);(H,6,7). The Kier molecular flexibility index (Phi) is 9.93. The molecule has 1 heterocycles. The smallest absolute Gasteiger partial charge is 0.490 e. The summed E-state index contributed by atoms with van der Waals surface area (Å²) in [5.74, 6) is -2.03. The fraction of sp³-hybridized carbons (Fsp3) is 0.148. The number of pyridine rings is 1. The summed E-state index contributed by atoms with van der Waals surface area (Å²) in [4.78, 5) is 26.3. The molecule has 15 heteroatoms. The van der Waals surface area contributed by atoms with Gasteiger partial charge in [0.25, 0.3) is 0 Å². The number of hydrogen-bond acceptors (Lipinski definition) is 8. The van der Waals surface area contributed by atoms with Crippen LogP contribution in [0.3, 0.4) is 0 Å². The average molecular weight is 606 g/mol. The van der Waals surface area contributed by atoms with Crippen molar-refractivity contribution in [1.82, 2.24) is 10.3 Å². The zero-order chi connectivity index (χ0) is 31.1. The second-order valence-corrected chi connectivity index (χ2v) is 10.3. The van der Waals surface area contributed by atoms with Crippen LogP contribution in [0.4, 0.5) is 24.7 Å². The number of primary sulfonamides is 1. The van der Waals surface area contributed by atoms with E-state index in [0.717, 1.165) is 10.8 Å². The molecule has 0 saturated heterocycles. The van der Waals surface area contributed by atoms with Crippen molar-refractivity contribution in [3.63, 3.8) is 0 Å². The zero-order valence-electron chi connectivity index (χ0n) is 21.9. The number of alkyl halides is 3. The Morgan fingerprint density at radius 1 is 1.05 bits per heavy atom. The van der Waals surface area contributed by atoms with Gasteiger partial charge in [-0.25, -0.2) is 23.3 Å². The number of nitrogen functional groups attached to an aromatic ring is 1. The van der Waals surface area contributed by atoms with Gasteiger partial charge in [-0.05, 0) is 65.0 Å². The summed E-state index contributed by atoms with van der Waals surface area (Å²) in [7, 11) is -2.29. The summed E-state index contributed by atoms with van der Waals surface area (Å²) in [5, 5.41) is 20.2. The first-order valence-electron chi connectivity index (χ1n) is 11.9. The molecule has 0 spiro atoms. The Morgan fingerprint density at radius 3 is 2.38 bits per heavy atom. The van der Waals surface area contributed by atoms with Crippen LogP contribution in [0.5, 0.6) is 5.75 Å². The highest BCUT2D eigenvalue weighted by molar-refractivity contribution is 7.89. The number of sulfonamides is 1. The predicted molar refractivity (Wildman–Crippen MR) is 149 cm³/mol. The molecule has 222 valence electrons. The molecule has 0 aliphatic heterocycles. The molecule has 0 fully saturated rings. The Morgan fingerprint density at radius 2 is 1.74 bits per heavy atom. The van der Waals surface area contributed by atoms with Crippen LogP contribution in [0, 0.1) is 0 Å². The number of carboxylic acids is 1. The summed E-state index contributed by atoms with van der Waals surface area (Å²) in [5.41, 5.74) is 7.96. The molecular formula is C27H26F3N5O6S. The molecule has 0 aliphatic rings. The molecular weight excluding hydrogens is 579 g/mol. The molecule has 0 saturated carbocycles. The Balaban J connectivity index is 0.000000616. The minimum atomic E-state index is -5.08. The quantitative estimate of drug-likeness (QED) is 0.200. The average Bonchev–Trinajstić information content (AvgIpc) is 2.94. The number of aromatic nitrogens is 1. The van der Waals surface area contributed by atoms with E-state index in [-0.39, 0.29) is 17.3 Å². The number of methoxy groups -OCH3 is 1. The number of halogens is 3. The molecule has 11 nitrogen and oxygen atoms in total. The molecule has 42 heavy (non-hydrogen) atoms. The number of anilines is 2. The highest BCUT2D eigenvalue weighted by atomic mass is 32.2.